The summed E-state index contributed by atoms with van der Waals surface area (Å²) in [7, 11) is 0. The molecule has 1 amide bonds. The highest BCUT2D eigenvalue weighted by Gasteiger charge is 2.39. The largest absolute Gasteiger partial charge is 0.354 e. The van der Waals surface area contributed by atoms with Crippen LogP contribution in [0.4, 0.5) is 0 Å². The van der Waals surface area contributed by atoms with Crippen LogP contribution >= 0.6 is 15.9 Å². The van der Waals surface area contributed by atoms with E-state index in [2.05, 4.69) is 50.8 Å². The number of hydrogen-bond donors (Lipinski definition) is 2. The Hall–Kier alpha value is -0.870. The summed E-state index contributed by atoms with van der Waals surface area (Å²) in [6, 6.07) is 8.58. The molecule has 1 aliphatic carbocycles. The Morgan fingerprint density at radius 3 is 2.60 bits per heavy atom. The lowest BCUT2D eigenvalue weighted by Gasteiger charge is -2.42. The van der Waals surface area contributed by atoms with Crippen LogP contribution in [0.3, 0.4) is 0 Å². The summed E-state index contributed by atoms with van der Waals surface area (Å²) in [5.74, 6) is 0.172. The van der Waals surface area contributed by atoms with Gasteiger partial charge in [-0.3, -0.25) is 4.79 Å². The molecular formula is C16H21BrN2O. The zero-order valence-corrected chi connectivity index (χ0v) is 13.2. The Bertz CT molecular complexity index is 476. The second-order valence-corrected chi connectivity index (χ2v) is 6.92. The molecule has 20 heavy (non-hydrogen) atoms. The molecule has 1 heterocycles. The van der Waals surface area contributed by atoms with E-state index >= 15 is 0 Å². The molecule has 2 fully saturated rings. The van der Waals surface area contributed by atoms with Gasteiger partial charge in [0.1, 0.15) is 0 Å². The second kappa shape index (κ2) is 5.86. The van der Waals surface area contributed by atoms with Crippen molar-refractivity contribution >= 4 is 21.8 Å². The van der Waals surface area contributed by atoms with Gasteiger partial charge < -0.3 is 10.6 Å². The third kappa shape index (κ3) is 2.77. The number of nitrogens with one attached hydrogen (secondary N) is 2. The van der Waals surface area contributed by atoms with Crippen molar-refractivity contribution in [1.82, 2.24) is 10.6 Å². The van der Waals surface area contributed by atoms with E-state index in [9.17, 15) is 4.79 Å². The number of hydrogen-bond acceptors (Lipinski definition) is 2. The smallest absolute Gasteiger partial charge is 0.237 e. The number of halogens is 1. The molecular weight excluding hydrogens is 316 g/mol. The summed E-state index contributed by atoms with van der Waals surface area (Å²) in [4.78, 5) is 12.1. The minimum Gasteiger partial charge on any atom is -0.354 e. The van der Waals surface area contributed by atoms with Crippen LogP contribution in [-0.2, 0) is 10.2 Å². The molecule has 4 heteroatoms. The van der Waals surface area contributed by atoms with Crippen LogP contribution in [0.1, 0.15) is 37.7 Å². The van der Waals surface area contributed by atoms with Crippen molar-refractivity contribution in [2.45, 2.75) is 43.6 Å². The average molecular weight is 337 g/mol. The zero-order chi connectivity index (χ0) is 14.0. The first-order valence-electron chi connectivity index (χ1n) is 7.47. The van der Waals surface area contributed by atoms with Crippen molar-refractivity contribution in [1.29, 1.82) is 0 Å². The maximum Gasteiger partial charge on any atom is 0.237 e. The van der Waals surface area contributed by atoms with E-state index in [1.54, 1.807) is 0 Å². The molecule has 108 valence electrons. The van der Waals surface area contributed by atoms with Crippen molar-refractivity contribution in [2.24, 2.45) is 0 Å². The van der Waals surface area contributed by atoms with E-state index < -0.39 is 0 Å². The quantitative estimate of drug-likeness (QED) is 0.887. The number of carbonyl (C=O) groups excluding carboxylic acids is 1. The number of benzene rings is 1. The van der Waals surface area contributed by atoms with Gasteiger partial charge in [0.2, 0.25) is 5.91 Å². The first-order chi connectivity index (χ1) is 9.70. The second-order valence-electron chi connectivity index (χ2n) is 6.01. The monoisotopic (exact) mass is 336 g/mol. The molecule has 0 aromatic heterocycles. The summed E-state index contributed by atoms with van der Waals surface area (Å²) >= 11 is 3.48. The van der Waals surface area contributed by atoms with E-state index in [0.717, 1.165) is 30.4 Å². The van der Waals surface area contributed by atoms with E-state index in [4.69, 9.17) is 0 Å². The Kier molecular flexibility index (Phi) is 4.13. The molecule has 1 unspecified atom stereocenters. The first-order valence-corrected chi connectivity index (χ1v) is 8.26. The number of amides is 1. The molecule has 2 N–H and O–H groups in total. The van der Waals surface area contributed by atoms with Gasteiger partial charge in [0.25, 0.3) is 0 Å². The molecule has 3 nitrogen and oxygen atoms in total. The van der Waals surface area contributed by atoms with E-state index in [1.807, 2.05) is 0 Å². The molecule has 1 saturated carbocycles. The third-order valence-corrected chi connectivity index (χ3v) is 5.27. The lowest BCUT2D eigenvalue weighted by atomic mass is 9.64. The topological polar surface area (TPSA) is 41.1 Å². The average Bonchev–Trinajstić information content (AvgIpc) is 2.93. The molecule has 1 atom stereocenters. The Morgan fingerprint density at radius 2 is 2.05 bits per heavy atom. The molecule has 0 bridgehead atoms. The van der Waals surface area contributed by atoms with Crippen LogP contribution in [0.25, 0.3) is 0 Å². The fourth-order valence-corrected chi connectivity index (χ4v) is 3.53. The van der Waals surface area contributed by atoms with Crippen LogP contribution in [0.15, 0.2) is 28.7 Å². The summed E-state index contributed by atoms with van der Waals surface area (Å²) < 4.78 is 1.11. The predicted molar refractivity (Wildman–Crippen MR) is 83.7 cm³/mol. The van der Waals surface area contributed by atoms with Crippen LogP contribution in [0.2, 0.25) is 0 Å². The Balaban J connectivity index is 1.64. The lowest BCUT2D eigenvalue weighted by Crippen LogP contribution is -2.49. The maximum atomic E-state index is 12.1. The highest BCUT2D eigenvalue weighted by molar-refractivity contribution is 9.10. The molecule has 3 rings (SSSR count). The van der Waals surface area contributed by atoms with Gasteiger partial charge in [0.05, 0.1) is 6.04 Å². The molecule has 0 radical (unpaired) electrons. The lowest BCUT2D eigenvalue weighted by molar-refractivity contribution is -0.123. The van der Waals surface area contributed by atoms with Crippen molar-refractivity contribution in [3.63, 3.8) is 0 Å². The van der Waals surface area contributed by atoms with Crippen molar-refractivity contribution in [3.05, 3.63) is 34.3 Å². The van der Waals surface area contributed by atoms with Gasteiger partial charge in [0.15, 0.2) is 0 Å². The minimum absolute atomic E-state index is 0.0250. The Morgan fingerprint density at radius 1 is 1.30 bits per heavy atom. The van der Waals surface area contributed by atoms with E-state index in [-0.39, 0.29) is 17.4 Å². The molecule has 0 spiro atoms. The van der Waals surface area contributed by atoms with Gasteiger partial charge in [0, 0.05) is 16.4 Å². The number of rotatable bonds is 4. The maximum absolute atomic E-state index is 12.1. The zero-order valence-electron chi connectivity index (χ0n) is 11.6. The van der Waals surface area contributed by atoms with Gasteiger partial charge in [-0.25, -0.2) is 0 Å². The standard InChI is InChI=1S/C16H21BrN2O/c17-13-6-4-12(5-7-13)16(8-2-9-16)11-19-15(20)14-3-1-10-18-14/h4-7,14,18H,1-3,8-11H2,(H,19,20). The normalized spacial score (nSPS) is 24.1. The van der Waals surface area contributed by atoms with E-state index in [0.29, 0.717) is 0 Å². The van der Waals surface area contributed by atoms with Gasteiger partial charge in [-0.15, -0.1) is 0 Å². The third-order valence-electron chi connectivity index (χ3n) is 4.75. The fraction of sp³-hybridized carbons (Fsp3) is 0.562. The fourth-order valence-electron chi connectivity index (χ4n) is 3.26. The van der Waals surface area contributed by atoms with Crippen LogP contribution in [0, 0.1) is 0 Å². The Labute approximate surface area is 128 Å². The van der Waals surface area contributed by atoms with E-state index in [1.165, 1.54) is 24.8 Å². The minimum atomic E-state index is 0.0250. The van der Waals surface area contributed by atoms with Crippen LogP contribution in [-0.4, -0.2) is 25.0 Å². The van der Waals surface area contributed by atoms with Crippen molar-refractivity contribution in [2.75, 3.05) is 13.1 Å². The summed E-state index contributed by atoms with van der Waals surface area (Å²) in [5.41, 5.74) is 1.52. The highest BCUT2D eigenvalue weighted by atomic mass is 79.9. The van der Waals surface area contributed by atoms with Crippen molar-refractivity contribution in [3.8, 4) is 0 Å². The predicted octanol–water partition coefficient (Wildman–Crippen LogP) is 2.74. The van der Waals surface area contributed by atoms with Gasteiger partial charge in [-0.05, 0) is 49.9 Å². The number of carbonyl (C=O) groups is 1. The van der Waals surface area contributed by atoms with Crippen molar-refractivity contribution < 1.29 is 4.79 Å². The molecule has 1 aliphatic heterocycles. The molecule has 1 aromatic rings. The molecule has 2 aliphatic rings. The summed E-state index contributed by atoms with van der Waals surface area (Å²) in [5, 5.41) is 6.42. The van der Waals surface area contributed by atoms with Gasteiger partial charge in [-0.2, -0.15) is 0 Å². The van der Waals surface area contributed by atoms with Gasteiger partial charge in [-0.1, -0.05) is 34.5 Å². The summed E-state index contributed by atoms with van der Waals surface area (Å²) in [6.45, 7) is 1.74. The van der Waals surface area contributed by atoms with Gasteiger partial charge >= 0.3 is 0 Å². The summed E-state index contributed by atoms with van der Waals surface area (Å²) in [6.07, 6.45) is 5.68. The molecule has 1 saturated heterocycles. The molecule has 1 aromatic carbocycles. The van der Waals surface area contributed by atoms with Crippen LogP contribution < -0.4 is 10.6 Å². The highest BCUT2D eigenvalue weighted by Crippen LogP contribution is 2.43. The first kappa shape index (κ1) is 14.1. The van der Waals surface area contributed by atoms with Crippen LogP contribution in [0.5, 0.6) is 0 Å². The SMILES string of the molecule is O=C(NCC1(c2ccc(Br)cc2)CCC1)C1CCCN1.